The molecular weight excluding hydrogens is 382 g/mol. The quantitative estimate of drug-likeness (QED) is 0.698. The molecule has 0 saturated carbocycles. The summed E-state index contributed by atoms with van der Waals surface area (Å²) in [6.07, 6.45) is 1.48. The Morgan fingerprint density at radius 3 is 2.77 bits per heavy atom. The summed E-state index contributed by atoms with van der Waals surface area (Å²) < 4.78 is 13.1. The fourth-order valence-corrected chi connectivity index (χ4v) is 3.83. The average molecular weight is 403 g/mol. The molecule has 1 atom stereocenters. The maximum atomic E-state index is 13.4. The Bertz CT molecular complexity index is 1170. The van der Waals surface area contributed by atoms with Gasteiger partial charge in [-0.25, -0.2) is 4.68 Å². The molecule has 8 heteroatoms. The summed E-state index contributed by atoms with van der Waals surface area (Å²) in [5, 5.41) is 10.6. The second kappa shape index (κ2) is 7.22. The fourth-order valence-electron chi connectivity index (χ4n) is 3.83. The van der Waals surface area contributed by atoms with Gasteiger partial charge in [-0.3, -0.25) is 4.79 Å². The molecule has 2 N–H and O–H groups in total. The van der Waals surface area contributed by atoms with Gasteiger partial charge in [-0.1, -0.05) is 24.3 Å². The number of benzene rings is 2. The standard InChI is InChI=1S/C22H21N5O3/c1-13-5-3-4-6-16(13)26-21(28)19-14(2)25-22-23-12-24-27(22)20(19)15-7-8-17-18(11-15)30-10-9-29-17/h3-8,11-12,20H,9-10H2,1-2H3,(H,26,28)(H,23,24,25). The number of ether oxygens (including phenoxy) is 2. The molecule has 2 aliphatic rings. The zero-order chi connectivity index (χ0) is 20.7. The van der Waals surface area contributed by atoms with Crippen LogP contribution < -0.4 is 20.1 Å². The van der Waals surface area contributed by atoms with Gasteiger partial charge in [-0.15, -0.1) is 0 Å². The van der Waals surface area contributed by atoms with E-state index in [-0.39, 0.29) is 5.91 Å². The number of allylic oxidation sites excluding steroid dienone is 1. The van der Waals surface area contributed by atoms with Crippen LogP contribution in [0.25, 0.3) is 0 Å². The number of aryl methyl sites for hydroxylation is 1. The Morgan fingerprint density at radius 1 is 1.13 bits per heavy atom. The van der Waals surface area contributed by atoms with Crippen LogP contribution >= 0.6 is 0 Å². The minimum atomic E-state index is -0.455. The van der Waals surface area contributed by atoms with Gasteiger partial charge in [-0.2, -0.15) is 10.1 Å². The number of nitrogens with one attached hydrogen (secondary N) is 2. The van der Waals surface area contributed by atoms with Crippen LogP contribution in [0.5, 0.6) is 11.5 Å². The number of fused-ring (bicyclic) bond motifs is 2. The zero-order valence-electron chi connectivity index (χ0n) is 16.7. The SMILES string of the molecule is CC1=C(C(=O)Nc2ccccc2C)C(c2ccc3c(c2)OCCO3)n2ncnc2N1. The number of anilines is 2. The fraction of sp³-hybridized carbons (Fsp3) is 0.227. The summed E-state index contributed by atoms with van der Waals surface area (Å²) >= 11 is 0. The van der Waals surface area contributed by atoms with Crippen LogP contribution in [0.3, 0.4) is 0 Å². The molecule has 30 heavy (non-hydrogen) atoms. The highest BCUT2D eigenvalue weighted by molar-refractivity contribution is 6.06. The smallest absolute Gasteiger partial charge is 0.255 e. The van der Waals surface area contributed by atoms with E-state index < -0.39 is 6.04 Å². The summed E-state index contributed by atoms with van der Waals surface area (Å²) in [6.45, 7) is 4.85. The number of carbonyl (C=O) groups excluding carboxylic acids is 1. The lowest BCUT2D eigenvalue weighted by Crippen LogP contribution is -2.31. The van der Waals surface area contributed by atoms with Gasteiger partial charge >= 0.3 is 0 Å². The highest BCUT2D eigenvalue weighted by atomic mass is 16.6. The summed E-state index contributed by atoms with van der Waals surface area (Å²) in [6, 6.07) is 12.9. The Kier molecular flexibility index (Phi) is 4.39. The van der Waals surface area contributed by atoms with Gasteiger partial charge in [-0.05, 0) is 43.2 Å². The van der Waals surface area contributed by atoms with Crippen molar-refractivity contribution in [2.75, 3.05) is 23.8 Å². The Morgan fingerprint density at radius 2 is 1.93 bits per heavy atom. The van der Waals surface area contributed by atoms with Gasteiger partial charge in [0.1, 0.15) is 25.6 Å². The third kappa shape index (κ3) is 3.06. The van der Waals surface area contributed by atoms with E-state index in [1.54, 1.807) is 4.68 Å². The maximum Gasteiger partial charge on any atom is 0.255 e. The molecule has 0 fully saturated rings. The predicted molar refractivity (Wildman–Crippen MR) is 112 cm³/mol. The first kappa shape index (κ1) is 18.2. The molecule has 2 aromatic carbocycles. The van der Waals surface area contributed by atoms with Crippen molar-refractivity contribution in [3.8, 4) is 11.5 Å². The van der Waals surface area contributed by atoms with Crippen molar-refractivity contribution in [1.82, 2.24) is 14.8 Å². The molecule has 3 heterocycles. The van der Waals surface area contributed by atoms with E-state index in [1.807, 2.05) is 56.3 Å². The van der Waals surface area contributed by atoms with E-state index in [9.17, 15) is 4.79 Å². The summed E-state index contributed by atoms with van der Waals surface area (Å²) in [4.78, 5) is 17.7. The van der Waals surface area contributed by atoms with E-state index in [4.69, 9.17) is 9.47 Å². The first-order chi connectivity index (χ1) is 14.6. The van der Waals surface area contributed by atoms with Crippen molar-refractivity contribution in [1.29, 1.82) is 0 Å². The van der Waals surface area contributed by atoms with Crippen LogP contribution in [-0.2, 0) is 4.79 Å². The molecule has 1 amide bonds. The number of carbonyl (C=O) groups is 1. The monoisotopic (exact) mass is 403 g/mol. The van der Waals surface area contributed by atoms with Gasteiger partial charge < -0.3 is 20.1 Å². The van der Waals surface area contributed by atoms with E-state index in [0.717, 1.165) is 22.5 Å². The second-order valence-corrected chi connectivity index (χ2v) is 7.27. The molecule has 3 aromatic rings. The Balaban J connectivity index is 1.58. The number of para-hydroxylation sites is 1. The molecule has 152 valence electrons. The van der Waals surface area contributed by atoms with Gasteiger partial charge in [0.25, 0.3) is 5.91 Å². The van der Waals surface area contributed by atoms with Crippen LogP contribution in [0, 0.1) is 6.92 Å². The third-order valence-corrected chi connectivity index (χ3v) is 5.31. The maximum absolute atomic E-state index is 13.4. The van der Waals surface area contributed by atoms with Crippen LogP contribution in [-0.4, -0.2) is 33.9 Å². The van der Waals surface area contributed by atoms with E-state index in [0.29, 0.717) is 36.2 Å². The van der Waals surface area contributed by atoms with Crippen LogP contribution in [0.15, 0.2) is 60.1 Å². The predicted octanol–water partition coefficient (Wildman–Crippen LogP) is 3.29. The largest absolute Gasteiger partial charge is 0.486 e. The minimum Gasteiger partial charge on any atom is -0.486 e. The molecule has 0 spiro atoms. The van der Waals surface area contributed by atoms with Gasteiger partial charge in [0, 0.05) is 11.4 Å². The molecule has 0 bridgehead atoms. The number of hydrogen-bond acceptors (Lipinski definition) is 6. The van der Waals surface area contributed by atoms with E-state index in [1.165, 1.54) is 6.33 Å². The first-order valence-electron chi connectivity index (χ1n) is 9.75. The molecule has 5 rings (SSSR count). The van der Waals surface area contributed by atoms with Crippen molar-refractivity contribution in [3.05, 3.63) is 71.2 Å². The van der Waals surface area contributed by atoms with Crippen molar-refractivity contribution < 1.29 is 14.3 Å². The van der Waals surface area contributed by atoms with Gasteiger partial charge in [0.05, 0.1) is 5.57 Å². The summed E-state index contributed by atoms with van der Waals surface area (Å²) in [5.74, 6) is 1.75. The van der Waals surface area contributed by atoms with Gasteiger partial charge in [0.2, 0.25) is 5.95 Å². The molecule has 8 nitrogen and oxygen atoms in total. The Hall–Kier alpha value is -3.81. The number of amides is 1. The van der Waals surface area contributed by atoms with Crippen LogP contribution in [0.4, 0.5) is 11.6 Å². The first-order valence-corrected chi connectivity index (χ1v) is 9.75. The van der Waals surface area contributed by atoms with Crippen molar-refractivity contribution >= 4 is 17.5 Å². The highest BCUT2D eigenvalue weighted by Gasteiger charge is 2.34. The van der Waals surface area contributed by atoms with Gasteiger partial charge in [0.15, 0.2) is 11.5 Å². The molecule has 0 radical (unpaired) electrons. The number of hydrogen-bond donors (Lipinski definition) is 2. The normalized spacial score (nSPS) is 17.2. The van der Waals surface area contributed by atoms with E-state index >= 15 is 0 Å². The topological polar surface area (TPSA) is 90.3 Å². The average Bonchev–Trinajstić information content (AvgIpc) is 3.22. The molecule has 0 saturated heterocycles. The molecular formula is C22H21N5O3. The lowest BCUT2D eigenvalue weighted by Gasteiger charge is -2.29. The van der Waals surface area contributed by atoms with Crippen molar-refractivity contribution in [3.63, 3.8) is 0 Å². The number of nitrogens with zero attached hydrogens (tertiary/aromatic N) is 3. The number of aromatic nitrogens is 3. The van der Waals surface area contributed by atoms with Crippen LogP contribution in [0.2, 0.25) is 0 Å². The second-order valence-electron chi connectivity index (χ2n) is 7.27. The lowest BCUT2D eigenvalue weighted by atomic mass is 9.94. The zero-order valence-corrected chi connectivity index (χ0v) is 16.7. The van der Waals surface area contributed by atoms with Crippen molar-refractivity contribution in [2.24, 2.45) is 0 Å². The highest BCUT2D eigenvalue weighted by Crippen LogP contribution is 2.39. The van der Waals surface area contributed by atoms with E-state index in [2.05, 4.69) is 20.7 Å². The Labute approximate surface area is 173 Å². The molecule has 1 unspecified atom stereocenters. The minimum absolute atomic E-state index is 0.199. The summed E-state index contributed by atoms with van der Waals surface area (Å²) in [7, 11) is 0. The summed E-state index contributed by atoms with van der Waals surface area (Å²) in [5.41, 5.74) is 3.91. The van der Waals surface area contributed by atoms with Crippen molar-refractivity contribution in [2.45, 2.75) is 19.9 Å². The lowest BCUT2D eigenvalue weighted by molar-refractivity contribution is -0.113. The third-order valence-electron chi connectivity index (χ3n) is 5.31. The molecule has 2 aliphatic heterocycles. The molecule has 0 aliphatic carbocycles. The molecule has 1 aromatic heterocycles. The van der Waals surface area contributed by atoms with Crippen LogP contribution in [0.1, 0.15) is 24.1 Å². The number of rotatable bonds is 3.